The molecule has 1 fully saturated rings. The van der Waals surface area contributed by atoms with Gasteiger partial charge in [0, 0.05) is 44.7 Å². The Hall–Kier alpha value is -1.19. The standard InChI is InChI=1S/C17H26N2O/c1-14(2)15-4-6-16(7-5-15)17(20)8-9-19-12-10-18(3)11-13-19/h4-7,14H,8-13H2,1-3H3. The van der Waals surface area contributed by atoms with E-state index in [-0.39, 0.29) is 5.78 Å². The third-order valence-electron chi connectivity index (χ3n) is 4.15. The molecule has 0 radical (unpaired) electrons. The molecular weight excluding hydrogens is 248 g/mol. The van der Waals surface area contributed by atoms with Crippen molar-refractivity contribution >= 4 is 5.78 Å². The summed E-state index contributed by atoms with van der Waals surface area (Å²) in [6.07, 6.45) is 0.630. The number of ketones is 1. The highest BCUT2D eigenvalue weighted by molar-refractivity contribution is 5.96. The molecule has 0 unspecified atom stereocenters. The summed E-state index contributed by atoms with van der Waals surface area (Å²) in [5.74, 6) is 0.781. The second-order valence-corrected chi connectivity index (χ2v) is 6.09. The first-order valence-corrected chi connectivity index (χ1v) is 7.60. The molecule has 20 heavy (non-hydrogen) atoms. The number of hydrogen-bond acceptors (Lipinski definition) is 3. The molecule has 0 aliphatic carbocycles. The second kappa shape index (κ2) is 7.00. The van der Waals surface area contributed by atoms with Gasteiger partial charge in [-0.15, -0.1) is 0 Å². The Morgan fingerprint density at radius 3 is 2.25 bits per heavy atom. The van der Waals surface area contributed by atoms with Crippen molar-refractivity contribution in [1.29, 1.82) is 0 Å². The van der Waals surface area contributed by atoms with E-state index in [0.717, 1.165) is 38.3 Å². The summed E-state index contributed by atoms with van der Waals surface area (Å²) in [6.45, 7) is 9.60. The van der Waals surface area contributed by atoms with Gasteiger partial charge in [0.1, 0.15) is 0 Å². The van der Waals surface area contributed by atoms with Gasteiger partial charge in [-0.2, -0.15) is 0 Å². The maximum atomic E-state index is 12.2. The smallest absolute Gasteiger partial charge is 0.164 e. The van der Waals surface area contributed by atoms with E-state index in [0.29, 0.717) is 12.3 Å². The molecule has 0 aromatic heterocycles. The SMILES string of the molecule is CC(C)c1ccc(C(=O)CCN2CCN(C)CC2)cc1. The Balaban J connectivity index is 1.82. The summed E-state index contributed by atoms with van der Waals surface area (Å²) in [4.78, 5) is 16.9. The van der Waals surface area contributed by atoms with Crippen molar-refractivity contribution in [2.45, 2.75) is 26.2 Å². The summed E-state index contributed by atoms with van der Waals surface area (Å²) in [5.41, 5.74) is 2.14. The van der Waals surface area contributed by atoms with Crippen LogP contribution in [0.4, 0.5) is 0 Å². The largest absolute Gasteiger partial charge is 0.304 e. The summed E-state index contributed by atoms with van der Waals surface area (Å²) < 4.78 is 0. The quantitative estimate of drug-likeness (QED) is 0.771. The number of benzene rings is 1. The number of Topliss-reactive ketones (excluding diaryl/α,β-unsaturated/α-hetero) is 1. The van der Waals surface area contributed by atoms with Gasteiger partial charge in [0.2, 0.25) is 0 Å². The minimum absolute atomic E-state index is 0.263. The highest BCUT2D eigenvalue weighted by Gasteiger charge is 2.15. The monoisotopic (exact) mass is 274 g/mol. The molecule has 3 nitrogen and oxygen atoms in total. The van der Waals surface area contributed by atoms with Gasteiger partial charge in [-0.05, 0) is 18.5 Å². The molecular formula is C17H26N2O. The number of rotatable bonds is 5. The van der Waals surface area contributed by atoms with Gasteiger partial charge in [-0.1, -0.05) is 38.1 Å². The normalized spacial score (nSPS) is 17.6. The summed E-state index contributed by atoms with van der Waals surface area (Å²) in [5, 5.41) is 0. The van der Waals surface area contributed by atoms with E-state index in [1.54, 1.807) is 0 Å². The van der Waals surface area contributed by atoms with E-state index in [1.165, 1.54) is 5.56 Å². The molecule has 3 heteroatoms. The van der Waals surface area contributed by atoms with Crippen LogP contribution in [-0.2, 0) is 0 Å². The van der Waals surface area contributed by atoms with Gasteiger partial charge in [-0.25, -0.2) is 0 Å². The van der Waals surface area contributed by atoms with Crippen molar-refractivity contribution in [3.63, 3.8) is 0 Å². The number of nitrogens with zero attached hydrogens (tertiary/aromatic N) is 2. The molecule has 1 heterocycles. The zero-order valence-corrected chi connectivity index (χ0v) is 12.9. The van der Waals surface area contributed by atoms with Gasteiger partial charge in [-0.3, -0.25) is 4.79 Å². The highest BCUT2D eigenvalue weighted by atomic mass is 16.1. The van der Waals surface area contributed by atoms with Crippen molar-refractivity contribution in [1.82, 2.24) is 9.80 Å². The average Bonchev–Trinajstić information content (AvgIpc) is 2.46. The molecule has 2 rings (SSSR count). The first-order chi connectivity index (χ1) is 9.56. The van der Waals surface area contributed by atoms with Crippen LogP contribution in [0.25, 0.3) is 0 Å². The molecule has 1 saturated heterocycles. The average molecular weight is 274 g/mol. The van der Waals surface area contributed by atoms with Crippen LogP contribution in [0.3, 0.4) is 0 Å². The van der Waals surface area contributed by atoms with Crippen molar-refractivity contribution in [3.8, 4) is 0 Å². The van der Waals surface area contributed by atoms with E-state index in [4.69, 9.17) is 0 Å². The minimum Gasteiger partial charge on any atom is -0.304 e. The van der Waals surface area contributed by atoms with Crippen molar-refractivity contribution in [3.05, 3.63) is 35.4 Å². The van der Waals surface area contributed by atoms with Gasteiger partial charge in [0.25, 0.3) is 0 Å². The minimum atomic E-state index is 0.263. The molecule has 0 N–H and O–H groups in total. The predicted molar refractivity (Wildman–Crippen MR) is 83.4 cm³/mol. The Bertz CT molecular complexity index is 431. The number of piperazine rings is 1. The van der Waals surface area contributed by atoms with Crippen LogP contribution in [0.15, 0.2) is 24.3 Å². The molecule has 110 valence electrons. The third kappa shape index (κ3) is 4.15. The Kier molecular flexibility index (Phi) is 5.32. The number of carbonyl (C=O) groups is 1. The Morgan fingerprint density at radius 2 is 1.70 bits per heavy atom. The maximum Gasteiger partial charge on any atom is 0.164 e. The third-order valence-corrected chi connectivity index (χ3v) is 4.15. The van der Waals surface area contributed by atoms with E-state index < -0.39 is 0 Å². The molecule has 1 aliphatic heterocycles. The number of carbonyl (C=O) groups excluding carboxylic acids is 1. The zero-order chi connectivity index (χ0) is 14.5. The van der Waals surface area contributed by atoms with Gasteiger partial charge < -0.3 is 9.80 Å². The van der Waals surface area contributed by atoms with E-state index in [2.05, 4.69) is 42.8 Å². The molecule has 0 saturated carbocycles. The molecule has 1 aliphatic rings. The van der Waals surface area contributed by atoms with Crippen molar-refractivity contribution < 1.29 is 4.79 Å². The summed E-state index contributed by atoms with van der Waals surface area (Å²) in [6, 6.07) is 8.10. The predicted octanol–water partition coefficient (Wildman–Crippen LogP) is 2.63. The van der Waals surface area contributed by atoms with Gasteiger partial charge in [0.15, 0.2) is 5.78 Å². The van der Waals surface area contributed by atoms with E-state index in [1.807, 2.05) is 12.1 Å². The molecule has 0 spiro atoms. The Labute approximate surface area is 122 Å². The van der Waals surface area contributed by atoms with Crippen LogP contribution in [0.2, 0.25) is 0 Å². The van der Waals surface area contributed by atoms with Crippen LogP contribution < -0.4 is 0 Å². The molecule has 0 bridgehead atoms. The molecule has 0 atom stereocenters. The number of hydrogen-bond donors (Lipinski definition) is 0. The van der Waals surface area contributed by atoms with Gasteiger partial charge >= 0.3 is 0 Å². The van der Waals surface area contributed by atoms with Crippen LogP contribution >= 0.6 is 0 Å². The van der Waals surface area contributed by atoms with Crippen LogP contribution in [0.1, 0.15) is 42.1 Å². The van der Waals surface area contributed by atoms with Crippen molar-refractivity contribution in [2.75, 3.05) is 39.8 Å². The molecule has 1 aromatic rings. The fourth-order valence-corrected chi connectivity index (χ4v) is 2.53. The lowest BCUT2D eigenvalue weighted by Gasteiger charge is -2.32. The van der Waals surface area contributed by atoms with E-state index >= 15 is 0 Å². The molecule has 1 aromatic carbocycles. The van der Waals surface area contributed by atoms with E-state index in [9.17, 15) is 4.79 Å². The molecule has 0 amide bonds. The Morgan fingerprint density at radius 1 is 1.10 bits per heavy atom. The number of likely N-dealkylation sites (N-methyl/N-ethyl adjacent to an activating group) is 1. The lowest BCUT2D eigenvalue weighted by atomic mass is 10.00. The van der Waals surface area contributed by atoms with Gasteiger partial charge in [0.05, 0.1) is 0 Å². The lowest BCUT2D eigenvalue weighted by molar-refractivity contribution is 0.0942. The van der Waals surface area contributed by atoms with Crippen molar-refractivity contribution in [2.24, 2.45) is 0 Å². The second-order valence-electron chi connectivity index (χ2n) is 6.09. The van der Waals surface area contributed by atoms with Crippen LogP contribution in [0.5, 0.6) is 0 Å². The first-order valence-electron chi connectivity index (χ1n) is 7.60. The lowest BCUT2D eigenvalue weighted by Crippen LogP contribution is -2.45. The highest BCUT2D eigenvalue weighted by Crippen LogP contribution is 2.15. The summed E-state index contributed by atoms with van der Waals surface area (Å²) >= 11 is 0. The van der Waals surface area contributed by atoms with Crippen LogP contribution in [-0.4, -0.2) is 55.4 Å². The fourth-order valence-electron chi connectivity index (χ4n) is 2.53. The summed E-state index contributed by atoms with van der Waals surface area (Å²) in [7, 11) is 2.15. The topological polar surface area (TPSA) is 23.6 Å². The first kappa shape index (κ1) is 15.2. The fraction of sp³-hybridized carbons (Fsp3) is 0.588. The maximum absolute atomic E-state index is 12.2. The van der Waals surface area contributed by atoms with Crippen LogP contribution in [0, 0.1) is 0 Å². The zero-order valence-electron chi connectivity index (χ0n) is 12.9.